The predicted octanol–water partition coefficient (Wildman–Crippen LogP) is 3.76. The summed E-state index contributed by atoms with van der Waals surface area (Å²) < 4.78 is 27.5. The Bertz CT molecular complexity index is 1260. The molecular formula is C23H21F2N5O2. The standard InChI is InChI=1S/C23H21F2N5O2/c1-12-11-30(23(32)16-5-7-26-20(25)19(16)24)9-6-14(12)17-10-18(29-22(31)13-2-3-13)28-21-15(17)4-8-27-21/h4-8,10,12-13H,2-3,9,11H2,1H3,(H2,27,28,29,31). The Hall–Kier alpha value is -3.62. The molecule has 4 heterocycles. The van der Waals surface area contributed by atoms with Gasteiger partial charge >= 0.3 is 0 Å². The molecular weight excluding hydrogens is 416 g/mol. The zero-order valence-electron chi connectivity index (χ0n) is 17.4. The highest BCUT2D eigenvalue weighted by Crippen LogP contribution is 2.35. The SMILES string of the molecule is CC1CN(C(=O)c2ccnc(F)c2F)CC=C1c1cc(NC(=O)C2CC2)nc2[nH]ccc12. The van der Waals surface area contributed by atoms with E-state index in [1.807, 2.05) is 25.1 Å². The van der Waals surface area contributed by atoms with Gasteiger partial charge in [0.1, 0.15) is 11.5 Å². The number of aromatic nitrogens is 3. The first kappa shape index (κ1) is 20.3. The highest BCUT2D eigenvalue weighted by atomic mass is 19.2. The van der Waals surface area contributed by atoms with Gasteiger partial charge in [-0.1, -0.05) is 13.0 Å². The molecule has 2 amide bonds. The Balaban J connectivity index is 1.44. The van der Waals surface area contributed by atoms with Gasteiger partial charge in [-0.25, -0.2) is 14.4 Å². The first-order valence-corrected chi connectivity index (χ1v) is 10.5. The van der Waals surface area contributed by atoms with Crippen molar-refractivity contribution in [1.82, 2.24) is 19.9 Å². The van der Waals surface area contributed by atoms with Crippen LogP contribution in [0, 0.1) is 23.6 Å². The van der Waals surface area contributed by atoms with E-state index in [1.165, 1.54) is 11.0 Å². The molecule has 0 saturated heterocycles. The fourth-order valence-electron chi connectivity index (χ4n) is 4.12. The molecule has 1 aliphatic heterocycles. The topological polar surface area (TPSA) is 91.0 Å². The number of hydrogen-bond donors (Lipinski definition) is 2. The molecule has 32 heavy (non-hydrogen) atoms. The van der Waals surface area contributed by atoms with E-state index in [0.29, 0.717) is 18.0 Å². The molecule has 0 radical (unpaired) electrons. The monoisotopic (exact) mass is 437 g/mol. The number of nitrogens with zero attached hydrogens (tertiary/aromatic N) is 3. The van der Waals surface area contributed by atoms with Crippen LogP contribution in [-0.4, -0.2) is 44.8 Å². The second kappa shape index (κ2) is 7.81. The van der Waals surface area contributed by atoms with Crippen LogP contribution in [0.2, 0.25) is 0 Å². The van der Waals surface area contributed by atoms with Crippen LogP contribution in [0.3, 0.4) is 0 Å². The number of pyridine rings is 2. The minimum atomic E-state index is -1.29. The normalized spacial score (nSPS) is 18.5. The van der Waals surface area contributed by atoms with Crippen molar-refractivity contribution < 1.29 is 18.4 Å². The van der Waals surface area contributed by atoms with E-state index in [4.69, 9.17) is 0 Å². The van der Waals surface area contributed by atoms with E-state index < -0.39 is 17.7 Å². The average molecular weight is 437 g/mol. The lowest BCUT2D eigenvalue weighted by Crippen LogP contribution is -2.38. The third-order valence-electron chi connectivity index (χ3n) is 5.96. The molecule has 1 fully saturated rings. The largest absolute Gasteiger partial charge is 0.346 e. The van der Waals surface area contributed by atoms with Crippen LogP contribution in [0.5, 0.6) is 0 Å². The summed E-state index contributed by atoms with van der Waals surface area (Å²) in [6.07, 6.45) is 6.58. The highest BCUT2D eigenvalue weighted by Gasteiger charge is 2.31. The number of fused-ring (bicyclic) bond motifs is 1. The van der Waals surface area contributed by atoms with E-state index >= 15 is 0 Å². The smallest absolute Gasteiger partial charge is 0.257 e. The zero-order chi connectivity index (χ0) is 22.4. The van der Waals surface area contributed by atoms with Crippen LogP contribution in [0.25, 0.3) is 16.6 Å². The summed E-state index contributed by atoms with van der Waals surface area (Å²) in [5.41, 5.74) is 2.26. The fourth-order valence-corrected chi connectivity index (χ4v) is 4.12. The van der Waals surface area contributed by atoms with Gasteiger partial charge in [0.15, 0.2) is 5.82 Å². The Morgan fingerprint density at radius 2 is 2.06 bits per heavy atom. The van der Waals surface area contributed by atoms with Gasteiger partial charge in [-0.2, -0.15) is 4.39 Å². The first-order chi connectivity index (χ1) is 15.4. The lowest BCUT2D eigenvalue weighted by atomic mass is 9.89. The van der Waals surface area contributed by atoms with Gasteiger partial charge in [0, 0.05) is 36.8 Å². The van der Waals surface area contributed by atoms with Crippen molar-refractivity contribution in [2.45, 2.75) is 19.8 Å². The van der Waals surface area contributed by atoms with Crippen molar-refractivity contribution in [1.29, 1.82) is 0 Å². The fraction of sp³-hybridized carbons (Fsp3) is 0.304. The van der Waals surface area contributed by atoms with Gasteiger partial charge in [-0.15, -0.1) is 0 Å². The second-order valence-electron chi connectivity index (χ2n) is 8.29. The van der Waals surface area contributed by atoms with Gasteiger partial charge in [-0.3, -0.25) is 9.59 Å². The summed E-state index contributed by atoms with van der Waals surface area (Å²) in [6.45, 7) is 2.56. The molecule has 9 heteroatoms. The molecule has 0 spiro atoms. The highest BCUT2D eigenvalue weighted by molar-refractivity contribution is 5.98. The quantitative estimate of drug-likeness (QED) is 0.608. The van der Waals surface area contributed by atoms with Gasteiger partial charge in [0.25, 0.3) is 5.91 Å². The molecule has 1 unspecified atom stereocenters. The number of carbonyl (C=O) groups excluding carboxylic acids is 2. The van der Waals surface area contributed by atoms with Crippen LogP contribution in [0.4, 0.5) is 14.6 Å². The molecule has 164 valence electrons. The number of anilines is 1. The van der Waals surface area contributed by atoms with Crippen LogP contribution in [0.15, 0.2) is 36.7 Å². The Labute approximate surface area is 182 Å². The van der Waals surface area contributed by atoms with Gasteiger partial charge in [-0.05, 0) is 48.1 Å². The maximum Gasteiger partial charge on any atom is 0.257 e. The van der Waals surface area contributed by atoms with Crippen molar-refractivity contribution in [3.05, 3.63) is 59.6 Å². The molecule has 7 nitrogen and oxygen atoms in total. The van der Waals surface area contributed by atoms with Crippen molar-refractivity contribution in [3.63, 3.8) is 0 Å². The number of halogens is 2. The van der Waals surface area contributed by atoms with Crippen LogP contribution in [0.1, 0.15) is 35.7 Å². The molecule has 2 N–H and O–H groups in total. The summed E-state index contributed by atoms with van der Waals surface area (Å²) >= 11 is 0. The molecule has 2 aliphatic rings. The van der Waals surface area contributed by atoms with E-state index in [9.17, 15) is 18.4 Å². The average Bonchev–Trinajstić information content (AvgIpc) is 3.53. The van der Waals surface area contributed by atoms with Gasteiger partial charge in [0.2, 0.25) is 11.9 Å². The second-order valence-corrected chi connectivity index (χ2v) is 8.29. The number of rotatable bonds is 4. The molecule has 1 aliphatic carbocycles. The minimum absolute atomic E-state index is 0.0246. The van der Waals surface area contributed by atoms with Crippen molar-refractivity contribution in [2.24, 2.45) is 11.8 Å². The molecule has 0 aromatic carbocycles. The van der Waals surface area contributed by atoms with E-state index in [2.05, 4.69) is 20.3 Å². The van der Waals surface area contributed by atoms with Crippen LogP contribution < -0.4 is 5.32 Å². The summed E-state index contributed by atoms with van der Waals surface area (Å²) in [4.78, 5) is 37.3. The zero-order valence-corrected chi connectivity index (χ0v) is 17.4. The molecule has 1 atom stereocenters. The van der Waals surface area contributed by atoms with Gasteiger partial charge in [0.05, 0.1) is 5.56 Å². The third kappa shape index (κ3) is 3.63. The van der Waals surface area contributed by atoms with Crippen molar-refractivity contribution >= 4 is 34.2 Å². The number of amides is 2. The van der Waals surface area contributed by atoms with Crippen molar-refractivity contribution in [3.8, 4) is 0 Å². The summed E-state index contributed by atoms with van der Waals surface area (Å²) in [6, 6.07) is 4.96. The van der Waals surface area contributed by atoms with Crippen LogP contribution in [-0.2, 0) is 4.79 Å². The van der Waals surface area contributed by atoms with E-state index in [0.717, 1.165) is 35.6 Å². The third-order valence-corrected chi connectivity index (χ3v) is 5.96. The first-order valence-electron chi connectivity index (χ1n) is 10.5. The Kier molecular flexibility index (Phi) is 4.96. The number of hydrogen-bond acceptors (Lipinski definition) is 4. The molecule has 5 rings (SSSR count). The summed E-state index contributed by atoms with van der Waals surface area (Å²) in [7, 11) is 0. The minimum Gasteiger partial charge on any atom is -0.346 e. The maximum atomic E-state index is 14.0. The lowest BCUT2D eigenvalue weighted by Gasteiger charge is -2.32. The van der Waals surface area contributed by atoms with Crippen LogP contribution >= 0.6 is 0 Å². The molecule has 3 aromatic rings. The molecule has 0 bridgehead atoms. The molecule has 1 saturated carbocycles. The van der Waals surface area contributed by atoms with E-state index in [1.54, 1.807) is 6.20 Å². The Morgan fingerprint density at radius 3 is 2.81 bits per heavy atom. The maximum absolute atomic E-state index is 14.0. The predicted molar refractivity (Wildman–Crippen MR) is 115 cm³/mol. The number of aromatic amines is 1. The summed E-state index contributed by atoms with van der Waals surface area (Å²) in [5, 5.41) is 3.81. The van der Waals surface area contributed by atoms with Gasteiger partial charge < -0.3 is 15.2 Å². The van der Waals surface area contributed by atoms with Crippen molar-refractivity contribution in [2.75, 3.05) is 18.4 Å². The molecule has 3 aromatic heterocycles. The Morgan fingerprint density at radius 1 is 1.25 bits per heavy atom. The number of nitrogens with one attached hydrogen (secondary N) is 2. The number of carbonyl (C=O) groups is 2. The summed E-state index contributed by atoms with van der Waals surface area (Å²) in [5.74, 6) is -2.66. The van der Waals surface area contributed by atoms with E-state index in [-0.39, 0.29) is 29.9 Å². The lowest BCUT2D eigenvalue weighted by molar-refractivity contribution is -0.117. The number of H-pyrrole nitrogens is 1.